The monoisotopic (exact) mass is 290 g/mol. The van der Waals surface area contributed by atoms with Crippen molar-refractivity contribution in [3.05, 3.63) is 28.7 Å². The summed E-state index contributed by atoms with van der Waals surface area (Å²) >= 11 is 3.34. The van der Waals surface area contributed by atoms with E-state index in [0.29, 0.717) is 12.2 Å². The van der Waals surface area contributed by atoms with Crippen LogP contribution in [0.5, 0.6) is 5.75 Å². The number of halogens is 1. The smallest absolute Gasteiger partial charge is 0.154 e. The highest BCUT2D eigenvalue weighted by atomic mass is 79.9. The van der Waals surface area contributed by atoms with E-state index in [0.717, 1.165) is 4.47 Å². The average molecular weight is 291 g/mol. The maximum absolute atomic E-state index is 11.2. The molecule has 5 heteroatoms. The van der Waals surface area contributed by atoms with E-state index in [1.807, 2.05) is 24.3 Å². The Labute approximate surface area is 97.5 Å². The van der Waals surface area contributed by atoms with Crippen LogP contribution in [0.25, 0.3) is 0 Å². The minimum absolute atomic E-state index is 0.138. The Morgan fingerprint density at radius 2 is 2.20 bits per heavy atom. The lowest BCUT2D eigenvalue weighted by atomic mass is 10.3. The van der Waals surface area contributed by atoms with Crippen LogP contribution in [-0.2, 0) is 9.84 Å². The van der Waals surface area contributed by atoms with Gasteiger partial charge in [0.2, 0.25) is 0 Å². The molecule has 1 aromatic carbocycles. The van der Waals surface area contributed by atoms with E-state index < -0.39 is 9.84 Å². The van der Waals surface area contributed by atoms with Crippen molar-refractivity contribution in [1.82, 2.24) is 0 Å². The molecule has 82 valence electrons. The van der Waals surface area contributed by atoms with Gasteiger partial charge in [0, 0.05) is 4.47 Å². The van der Waals surface area contributed by atoms with Crippen molar-refractivity contribution in [3.63, 3.8) is 0 Å². The molecule has 0 radical (unpaired) electrons. The molecule has 0 bridgehead atoms. The first-order chi connectivity index (χ1) is 7.05. The summed E-state index contributed by atoms with van der Waals surface area (Å²) in [5, 5.41) is 0. The summed E-state index contributed by atoms with van der Waals surface area (Å²) in [5.41, 5.74) is 0. The zero-order valence-corrected chi connectivity index (χ0v) is 10.4. The quantitative estimate of drug-likeness (QED) is 0.837. The molecule has 0 aliphatic carbocycles. The van der Waals surface area contributed by atoms with Crippen molar-refractivity contribution in [2.75, 3.05) is 11.5 Å². The number of benzene rings is 1. The summed E-state index contributed by atoms with van der Waals surface area (Å²) < 4.78 is 28.9. The second kappa shape index (κ2) is 4.14. The minimum atomic E-state index is -2.86. The van der Waals surface area contributed by atoms with Crippen molar-refractivity contribution in [2.45, 2.75) is 12.5 Å². The third-order valence-electron chi connectivity index (χ3n) is 2.29. The molecule has 3 nitrogen and oxygen atoms in total. The summed E-state index contributed by atoms with van der Waals surface area (Å²) in [6.07, 6.45) is 0.402. The van der Waals surface area contributed by atoms with Crippen LogP contribution in [0.4, 0.5) is 0 Å². The molecular weight excluding hydrogens is 280 g/mol. The van der Waals surface area contributed by atoms with Crippen LogP contribution in [0.15, 0.2) is 28.7 Å². The zero-order chi connectivity index (χ0) is 10.9. The summed E-state index contributed by atoms with van der Waals surface area (Å²) in [6.45, 7) is 0. The molecule has 2 rings (SSSR count). The van der Waals surface area contributed by atoms with Crippen LogP contribution in [0.1, 0.15) is 6.42 Å². The van der Waals surface area contributed by atoms with Gasteiger partial charge in [0.25, 0.3) is 0 Å². The van der Waals surface area contributed by atoms with E-state index in [2.05, 4.69) is 15.9 Å². The van der Waals surface area contributed by atoms with Gasteiger partial charge in [-0.25, -0.2) is 8.42 Å². The lowest BCUT2D eigenvalue weighted by Crippen LogP contribution is -2.17. The van der Waals surface area contributed by atoms with Gasteiger partial charge in [-0.15, -0.1) is 0 Å². The Balaban J connectivity index is 2.05. The van der Waals surface area contributed by atoms with E-state index >= 15 is 0 Å². The zero-order valence-electron chi connectivity index (χ0n) is 8.02. The molecule has 1 unspecified atom stereocenters. The number of ether oxygens (including phenoxy) is 1. The summed E-state index contributed by atoms with van der Waals surface area (Å²) in [7, 11) is -2.86. The molecular formula is C10H11BrO3S. The predicted octanol–water partition coefficient (Wildman–Crippen LogP) is 2.02. The van der Waals surface area contributed by atoms with Gasteiger partial charge in [0.15, 0.2) is 9.84 Å². The third kappa shape index (κ3) is 2.95. The van der Waals surface area contributed by atoms with E-state index in [4.69, 9.17) is 4.74 Å². The summed E-state index contributed by atoms with van der Waals surface area (Å²) in [4.78, 5) is 0. The van der Waals surface area contributed by atoms with Crippen LogP contribution in [-0.4, -0.2) is 26.0 Å². The molecule has 1 aromatic rings. The van der Waals surface area contributed by atoms with Gasteiger partial charge in [-0.05, 0) is 24.6 Å². The van der Waals surface area contributed by atoms with E-state index in [-0.39, 0.29) is 17.6 Å². The van der Waals surface area contributed by atoms with Crippen molar-refractivity contribution >= 4 is 25.8 Å². The molecule has 0 saturated carbocycles. The second-order valence-electron chi connectivity index (χ2n) is 3.60. The van der Waals surface area contributed by atoms with Crippen molar-refractivity contribution in [1.29, 1.82) is 0 Å². The molecule has 1 heterocycles. The molecule has 1 aliphatic rings. The topological polar surface area (TPSA) is 43.4 Å². The Bertz CT molecular complexity index is 455. The maximum atomic E-state index is 11.2. The fourth-order valence-corrected chi connectivity index (χ4v) is 3.55. The van der Waals surface area contributed by atoms with Gasteiger partial charge in [-0.3, -0.25) is 0 Å². The maximum Gasteiger partial charge on any atom is 0.154 e. The summed E-state index contributed by atoms with van der Waals surface area (Å²) in [5.74, 6) is 1.09. The summed E-state index contributed by atoms with van der Waals surface area (Å²) in [6, 6.07) is 7.43. The van der Waals surface area contributed by atoms with Crippen molar-refractivity contribution in [3.8, 4) is 5.75 Å². The van der Waals surface area contributed by atoms with Gasteiger partial charge in [-0.2, -0.15) is 0 Å². The average Bonchev–Trinajstić information content (AvgIpc) is 2.45. The highest BCUT2D eigenvalue weighted by Crippen LogP contribution is 2.22. The first-order valence-electron chi connectivity index (χ1n) is 4.68. The van der Waals surface area contributed by atoms with Crippen LogP contribution in [0.3, 0.4) is 0 Å². The van der Waals surface area contributed by atoms with Crippen LogP contribution in [0, 0.1) is 0 Å². The van der Waals surface area contributed by atoms with E-state index in [1.165, 1.54) is 0 Å². The number of sulfone groups is 1. The van der Waals surface area contributed by atoms with Crippen LogP contribution < -0.4 is 4.74 Å². The highest BCUT2D eigenvalue weighted by Gasteiger charge is 2.29. The van der Waals surface area contributed by atoms with Crippen molar-refractivity contribution < 1.29 is 13.2 Å². The third-order valence-corrected chi connectivity index (χ3v) is 4.52. The fraction of sp³-hybridized carbons (Fsp3) is 0.400. The van der Waals surface area contributed by atoms with Crippen molar-refractivity contribution in [2.24, 2.45) is 0 Å². The molecule has 0 amide bonds. The molecule has 0 aromatic heterocycles. The minimum Gasteiger partial charge on any atom is -0.489 e. The van der Waals surface area contributed by atoms with Gasteiger partial charge in [0.1, 0.15) is 11.9 Å². The first kappa shape index (κ1) is 11.0. The van der Waals surface area contributed by atoms with Gasteiger partial charge in [0.05, 0.1) is 11.5 Å². The lowest BCUT2D eigenvalue weighted by molar-refractivity contribution is 0.229. The predicted molar refractivity (Wildman–Crippen MR) is 61.8 cm³/mol. The fourth-order valence-electron chi connectivity index (χ4n) is 1.59. The Hall–Kier alpha value is -0.550. The van der Waals surface area contributed by atoms with Crippen LogP contribution in [0.2, 0.25) is 0 Å². The van der Waals surface area contributed by atoms with E-state index in [9.17, 15) is 8.42 Å². The number of hydrogen-bond donors (Lipinski definition) is 0. The Kier molecular flexibility index (Phi) is 3.02. The number of rotatable bonds is 2. The van der Waals surface area contributed by atoms with E-state index in [1.54, 1.807) is 0 Å². The molecule has 1 saturated heterocycles. The SMILES string of the molecule is O=S1(=O)CCC(Oc2cccc(Br)c2)C1. The molecule has 1 fully saturated rings. The van der Waals surface area contributed by atoms with Gasteiger partial charge < -0.3 is 4.74 Å². The highest BCUT2D eigenvalue weighted by molar-refractivity contribution is 9.10. The van der Waals surface area contributed by atoms with Gasteiger partial charge >= 0.3 is 0 Å². The lowest BCUT2D eigenvalue weighted by Gasteiger charge is -2.11. The number of hydrogen-bond acceptors (Lipinski definition) is 3. The Morgan fingerprint density at radius 1 is 1.40 bits per heavy atom. The molecule has 0 N–H and O–H groups in total. The van der Waals surface area contributed by atoms with Gasteiger partial charge in [-0.1, -0.05) is 22.0 Å². The molecule has 15 heavy (non-hydrogen) atoms. The Morgan fingerprint density at radius 3 is 2.80 bits per heavy atom. The molecule has 1 aliphatic heterocycles. The molecule has 1 atom stereocenters. The largest absolute Gasteiger partial charge is 0.489 e. The molecule has 0 spiro atoms. The van der Waals surface area contributed by atoms with Crippen LogP contribution >= 0.6 is 15.9 Å². The first-order valence-corrected chi connectivity index (χ1v) is 7.29. The standard InChI is InChI=1S/C10H11BrO3S/c11-8-2-1-3-9(6-8)14-10-4-5-15(12,13)7-10/h1-3,6,10H,4-5,7H2. The second-order valence-corrected chi connectivity index (χ2v) is 6.74. The normalized spacial score (nSPS) is 23.9.